The monoisotopic (exact) mass is 284 g/mol. The standard InChI is InChI=1S/C12H20N4O2S/c1-10(12-9-14-5-6-15-12)19(17,18)16-7-3-2-4-11(16)8-13/h5-6,9-11H,2-4,7-8,13H2,1H3/t10-,11-/m1/s1. The number of piperidine rings is 1. The van der Waals surface area contributed by atoms with Crippen LogP contribution in [-0.2, 0) is 10.0 Å². The zero-order valence-electron chi connectivity index (χ0n) is 11.1. The van der Waals surface area contributed by atoms with Crippen molar-refractivity contribution in [2.24, 2.45) is 5.73 Å². The fourth-order valence-corrected chi connectivity index (χ4v) is 4.24. The summed E-state index contributed by atoms with van der Waals surface area (Å²) in [6, 6.07) is -0.0853. The molecule has 0 spiro atoms. The fourth-order valence-electron chi connectivity index (χ4n) is 2.42. The lowest BCUT2D eigenvalue weighted by Gasteiger charge is -2.35. The smallest absolute Gasteiger partial charge is 0.222 e. The SMILES string of the molecule is C[C@H](c1cnccn1)S(=O)(=O)N1CCCC[C@@H]1CN. The quantitative estimate of drug-likeness (QED) is 0.878. The van der Waals surface area contributed by atoms with E-state index in [1.165, 1.54) is 18.6 Å². The summed E-state index contributed by atoms with van der Waals surface area (Å²) >= 11 is 0. The predicted octanol–water partition coefficient (Wildman–Crippen LogP) is 0.681. The maximum absolute atomic E-state index is 12.7. The molecular formula is C12H20N4O2S. The Labute approximate surface area is 114 Å². The minimum atomic E-state index is -3.43. The van der Waals surface area contributed by atoms with E-state index < -0.39 is 15.3 Å². The van der Waals surface area contributed by atoms with Crippen molar-refractivity contribution in [3.05, 3.63) is 24.3 Å². The highest BCUT2D eigenvalue weighted by molar-refractivity contribution is 7.89. The van der Waals surface area contributed by atoms with Crippen LogP contribution < -0.4 is 5.73 Å². The van der Waals surface area contributed by atoms with Crippen LogP contribution in [-0.4, -0.2) is 41.8 Å². The second kappa shape index (κ2) is 5.94. The Morgan fingerprint density at radius 2 is 2.26 bits per heavy atom. The third-order valence-corrected chi connectivity index (χ3v) is 5.89. The third-order valence-electron chi connectivity index (χ3n) is 3.62. The molecular weight excluding hydrogens is 264 g/mol. The van der Waals surface area contributed by atoms with Crippen LogP contribution >= 0.6 is 0 Å². The van der Waals surface area contributed by atoms with Crippen LogP contribution in [0.25, 0.3) is 0 Å². The van der Waals surface area contributed by atoms with E-state index in [0.717, 1.165) is 19.3 Å². The fraction of sp³-hybridized carbons (Fsp3) is 0.667. The van der Waals surface area contributed by atoms with Gasteiger partial charge in [-0.05, 0) is 19.8 Å². The number of hydrogen-bond donors (Lipinski definition) is 1. The van der Waals surface area contributed by atoms with Gasteiger partial charge in [0.2, 0.25) is 10.0 Å². The summed E-state index contributed by atoms with van der Waals surface area (Å²) in [5, 5.41) is -0.687. The van der Waals surface area contributed by atoms with Crippen molar-refractivity contribution in [2.45, 2.75) is 37.5 Å². The summed E-state index contributed by atoms with van der Waals surface area (Å²) in [4.78, 5) is 8.02. The predicted molar refractivity (Wildman–Crippen MR) is 72.8 cm³/mol. The molecule has 1 aromatic rings. The van der Waals surface area contributed by atoms with Crippen molar-refractivity contribution in [3.63, 3.8) is 0 Å². The van der Waals surface area contributed by atoms with Gasteiger partial charge in [-0.2, -0.15) is 4.31 Å². The number of aromatic nitrogens is 2. The summed E-state index contributed by atoms with van der Waals surface area (Å²) in [5.41, 5.74) is 6.17. The Kier molecular flexibility index (Phi) is 4.49. The van der Waals surface area contributed by atoms with Gasteiger partial charge in [-0.15, -0.1) is 0 Å². The molecule has 0 aromatic carbocycles. The van der Waals surface area contributed by atoms with Gasteiger partial charge in [0, 0.05) is 37.7 Å². The van der Waals surface area contributed by atoms with Crippen LogP contribution in [0, 0.1) is 0 Å². The molecule has 1 aromatic heterocycles. The first-order valence-corrected chi connectivity index (χ1v) is 8.04. The van der Waals surface area contributed by atoms with Crippen molar-refractivity contribution in [3.8, 4) is 0 Å². The molecule has 0 saturated carbocycles. The van der Waals surface area contributed by atoms with E-state index in [0.29, 0.717) is 18.8 Å². The van der Waals surface area contributed by atoms with Gasteiger partial charge in [0.25, 0.3) is 0 Å². The van der Waals surface area contributed by atoms with Crippen LogP contribution in [0.3, 0.4) is 0 Å². The molecule has 6 nitrogen and oxygen atoms in total. The topological polar surface area (TPSA) is 89.2 Å². The van der Waals surface area contributed by atoms with Gasteiger partial charge in [0.1, 0.15) is 5.25 Å². The molecule has 0 radical (unpaired) electrons. The van der Waals surface area contributed by atoms with Gasteiger partial charge < -0.3 is 5.73 Å². The van der Waals surface area contributed by atoms with Crippen LogP contribution in [0.15, 0.2) is 18.6 Å². The molecule has 106 valence electrons. The molecule has 1 fully saturated rings. The number of nitrogens with two attached hydrogens (primary N) is 1. The number of sulfonamides is 1. The van der Waals surface area contributed by atoms with E-state index in [1.807, 2.05) is 0 Å². The molecule has 0 unspecified atom stereocenters. The summed E-state index contributed by atoms with van der Waals surface area (Å²) < 4.78 is 26.9. The summed E-state index contributed by atoms with van der Waals surface area (Å²) in [6.07, 6.45) is 7.31. The number of hydrogen-bond acceptors (Lipinski definition) is 5. The average molecular weight is 284 g/mol. The van der Waals surface area contributed by atoms with Crippen molar-refractivity contribution in [2.75, 3.05) is 13.1 Å². The third kappa shape index (κ3) is 2.93. The van der Waals surface area contributed by atoms with Crippen molar-refractivity contribution < 1.29 is 8.42 Å². The zero-order valence-corrected chi connectivity index (χ0v) is 11.9. The summed E-state index contributed by atoms with van der Waals surface area (Å²) in [6.45, 7) is 2.57. The molecule has 2 heterocycles. The van der Waals surface area contributed by atoms with Gasteiger partial charge >= 0.3 is 0 Å². The zero-order chi connectivity index (χ0) is 13.9. The van der Waals surface area contributed by atoms with E-state index >= 15 is 0 Å². The van der Waals surface area contributed by atoms with Crippen molar-refractivity contribution in [1.82, 2.24) is 14.3 Å². The first-order chi connectivity index (χ1) is 9.07. The minimum absolute atomic E-state index is 0.0853. The molecule has 0 bridgehead atoms. The van der Waals surface area contributed by atoms with E-state index in [4.69, 9.17) is 5.73 Å². The molecule has 0 amide bonds. The molecule has 7 heteroatoms. The molecule has 1 saturated heterocycles. The maximum atomic E-state index is 12.7. The highest BCUT2D eigenvalue weighted by Crippen LogP contribution is 2.28. The minimum Gasteiger partial charge on any atom is -0.329 e. The number of nitrogens with zero attached hydrogens (tertiary/aromatic N) is 3. The highest BCUT2D eigenvalue weighted by Gasteiger charge is 2.36. The molecule has 1 aliphatic rings. The lowest BCUT2D eigenvalue weighted by Crippen LogP contribution is -2.48. The molecule has 2 N–H and O–H groups in total. The molecule has 0 aliphatic carbocycles. The lowest BCUT2D eigenvalue weighted by molar-refractivity contribution is 0.255. The Morgan fingerprint density at radius 3 is 2.89 bits per heavy atom. The maximum Gasteiger partial charge on any atom is 0.222 e. The van der Waals surface area contributed by atoms with Crippen molar-refractivity contribution in [1.29, 1.82) is 0 Å². The summed E-state index contributed by atoms with van der Waals surface area (Å²) in [7, 11) is -3.43. The second-order valence-corrected chi connectivity index (χ2v) is 7.02. The normalized spacial score (nSPS) is 23.2. The van der Waals surface area contributed by atoms with Gasteiger partial charge in [-0.1, -0.05) is 6.42 Å². The largest absolute Gasteiger partial charge is 0.329 e. The molecule has 2 rings (SSSR count). The highest BCUT2D eigenvalue weighted by atomic mass is 32.2. The van der Waals surface area contributed by atoms with Gasteiger partial charge in [-0.25, -0.2) is 8.42 Å². The Balaban J connectivity index is 2.26. The van der Waals surface area contributed by atoms with E-state index in [-0.39, 0.29) is 6.04 Å². The van der Waals surface area contributed by atoms with Gasteiger partial charge in [0.05, 0.1) is 5.69 Å². The number of rotatable bonds is 4. The molecule has 1 aliphatic heterocycles. The lowest BCUT2D eigenvalue weighted by atomic mass is 10.1. The Bertz CT molecular complexity index is 506. The van der Waals surface area contributed by atoms with Crippen LogP contribution in [0.2, 0.25) is 0 Å². The first-order valence-electron chi connectivity index (χ1n) is 6.54. The van der Waals surface area contributed by atoms with Gasteiger partial charge in [0.15, 0.2) is 0 Å². The summed E-state index contributed by atoms with van der Waals surface area (Å²) in [5.74, 6) is 0. The molecule has 19 heavy (non-hydrogen) atoms. The Hall–Kier alpha value is -1.05. The first kappa shape index (κ1) is 14.4. The second-order valence-electron chi connectivity index (χ2n) is 4.81. The average Bonchev–Trinajstić information content (AvgIpc) is 2.47. The van der Waals surface area contributed by atoms with Crippen LogP contribution in [0.4, 0.5) is 0 Å². The Morgan fingerprint density at radius 1 is 1.47 bits per heavy atom. The molecule has 2 atom stereocenters. The van der Waals surface area contributed by atoms with Crippen LogP contribution in [0.5, 0.6) is 0 Å². The van der Waals surface area contributed by atoms with E-state index in [9.17, 15) is 8.42 Å². The van der Waals surface area contributed by atoms with Crippen molar-refractivity contribution >= 4 is 10.0 Å². The van der Waals surface area contributed by atoms with Crippen LogP contribution in [0.1, 0.15) is 37.1 Å². The van der Waals surface area contributed by atoms with E-state index in [2.05, 4.69) is 9.97 Å². The van der Waals surface area contributed by atoms with Gasteiger partial charge in [-0.3, -0.25) is 9.97 Å². The van der Waals surface area contributed by atoms with E-state index in [1.54, 1.807) is 11.2 Å².